The highest BCUT2D eigenvalue weighted by Gasteiger charge is 2.11. The highest BCUT2D eigenvalue weighted by molar-refractivity contribution is 5.97. The zero-order valence-electron chi connectivity index (χ0n) is 16.0. The third kappa shape index (κ3) is 6.31. The van der Waals surface area contributed by atoms with Gasteiger partial charge in [-0.3, -0.25) is 14.4 Å². The Kier molecular flexibility index (Phi) is 7.38. The summed E-state index contributed by atoms with van der Waals surface area (Å²) in [6, 6.07) is 11.9. The Labute approximate surface area is 163 Å². The summed E-state index contributed by atoms with van der Waals surface area (Å²) in [5, 5.41) is 7.95. The van der Waals surface area contributed by atoms with E-state index in [1.165, 1.54) is 21.1 Å². The predicted octanol–water partition coefficient (Wildman–Crippen LogP) is 1.71. The van der Waals surface area contributed by atoms with Gasteiger partial charge in [0.1, 0.15) is 11.5 Å². The first-order valence-electron chi connectivity index (χ1n) is 8.55. The minimum absolute atomic E-state index is 0.148. The van der Waals surface area contributed by atoms with Crippen LogP contribution in [-0.2, 0) is 16.1 Å². The van der Waals surface area contributed by atoms with E-state index >= 15 is 0 Å². The second-order valence-corrected chi connectivity index (χ2v) is 5.94. The van der Waals surface area contributed by atoms with Crippen LogP contribution in [0.4, 0.5) is 5.69 Å². The maximum absolute atomic E-state index is 12.2. The minimum atomic E-state index is -0.410. The van der Waals surface area contributed by atoms with Crippen molar-refractivity contribution < 1.29 is 23.9 Å². The van der Waals surface area contributed by atoms with Gasteiger partial charge in [-0.05, 0) is 29.8 Å². The Morgan fingerprint density at radius 2 is 1.50 bits per heavy atom. The Balaban J connectivity index is 1.83. The fourth-order valence-electron chi connectivity index (χ4n) is 2.37. The van der Waals surface area contributed by atoms with E-state index in [0.29, 0.717) is 29.3 Å². The second kappa shape index (κ2) is 9.96. The molecule has 3 N–H and O–H groups in total. The summed E-state index contributed by atoms with van der Waals surface area (Å²) in [5.74, 6) is 0.0833. The van der Waals surface area contributed by atoms with E-state index in [-0.39, 0.29) is 18.4 Å². The van der Waals surface area contributed by atoms with Gasteiger partial charge >= 0.3 is 0 Å². The molecule has 0 aliphatic rings. The number of nitrogens with one attached hydrogen (secondary N) is 3. The van der Waals surface area contributed by atoms with Crippen LogP contribution in [0.2, 0.25) is 0 Å². The largest absolute Gasteiger partial charge is 0.497 e. The van der Waals surface area contributed by atoms with Crippen LogP contribution in [0.15, 0.2) is 42.5 Å². The van der Waals surface area contributed by atoms with Crippen LogP contribution in [0.1, 0.15) is 22.8 Å². The van der Waals surface area contributed by atoms with Crippen LogP contribution in [0.5, 0.6) is 11.5 Å². The fourth-order valence-corrected chi connectivity index (χ4v) is 2.37. The molecule has 28 heavy (non-hydrogen) atoms. The van der Waals surface area contributed by atoms with E-state index in [9.17, 15) is 14.4 Å². The molecule has 0 atom stereocenters. The molecule has 0 fully saturated rings. The Bertz CT molecular complexity index is 827. The molecule has 0 spiro atoms. The van der Waals surface area contributed by atoms with E-state index in [1.54, 1.807) is 42.5 Å². The molecule has 8 nitrogen and oxygen atoms in total. The SMILES string of the molecule is COc1cc(OC)cc(C(=O)NCC(=O)NCc2ccc(NC(C)=O)cc2)c1. The highest BCUT2D eigenvalue weighted by atomic mass is 16.5. The maximum Gasteiger partial charge on any atom is 0.251 e. The van der Waals surface area contributed by atoms with Crippen molar-refractivity contribution in [2.75, 3.05) is 26.1 Å². The first-order valence-corrected chi connectivity index (χ1v) is 8.55. The fraction of sp³-hybridized carbons (Fsp3) is 0.250. The molecule has 0 aromatic heterocycles. The number of hydrogen-bond acceptors (Lipinski definition) is 5. The lowest BCUT2D eigenvalue weighted by atomic mass is 10.2. The molecule has 0 bridgehead atoms. The van der Waals surface area contributed by atoms with Crippen molar-refractivity contribution in [2.24, 2.45) is 0 Å². The summed E-state index contributed by atoms with van der Waals surface area (Å²) >= 11 is 0. The Hall–Kier alpha value is -3.55. The van der Waals surface area contributed by atoms with Crippen molar-refractivity contribution in [3.63, 3.8) is 0 Å². The molecule has 2 rings (SSSR count). The van der Waals surface area contributed by atoms with Crippen molar-refractivity contribution in [1.82, 2.24) is 10.6 Å². The van der Waals surface area contributed by atoms with Gasteiger partial charge < -0.3 is 25.4 Å². The van der Waals surface area contributed by atoms with Crippen LogP contribution in [0.25, 0.3) is 0 Å². The summed E-state index contributed by atoms with van der Waals surface area (Å²) in [5.41, 5.74) is 1.88. The molecule has 2 aromatic carbocycles. The van der Waals surface area contributed by atoms with E-state index in [1.807, 2.05) is 0 Å². The minimum Gasteiger partial charge on any atom is -0.497 e. The Morgan fingerprint density at radius 1 is 0.893 bits per heavy atom. The van der Waals surface area contributed by atoms with Gasteiger partial charge in [0.2, 0.25) is 11.8 Å². The zero-order valence-corrected chi connectivity index (χ0v) is 16.0. The van der Waals surface area contributed by atoms with Gasteiger partial charge in [-0.2, -0.15) is 0 Å². The van der Waals surface area contributed by atoms with Crippen molar-refractivity contribution in [3.05, 3.63) is 53.6 Å². The molecular weight excluding hydrogens is 362 g/mol. The number of hydrogen-bond donors (Lipinski definition) is 3. The van der Waals surface area contributed by atoms with E-state index in [0.717, 1.165) is 5.56 Å². The number of amides is 3. The first-order chi connectivity index (χ1) is 13.4. The van der Waals surface area contributed by atoms with Gasteiger partial charge in [0.25, 0.3) is 5.91 Å². The molecular formula is C20H23N3O5. The summed E-state index contributed by atoms with van der Waals surface area (Å²) in [6.07, 6.45) is 0. The van der Waals surface area contributed by atoms with Gasteiger partial charge in [0.15, 0.2) is 0 Å². The number of methoxy groups -OCH3 is 2. The van der Waals surface area contributed by atoms with E-state index < -0.39 is 5.91 Å². The lowest BCUT2D eigenvalue weighted by Gasteiger charge is -2.10. The lowest BCUT2D eigenvalue weighted by molar-refractivity contribution is -0.120. The van der Waals surface area contributed by atoms with Crippen molar-refractivity contribution in [3.8, 4) is 11.5 Å². The van der Waals surface area contributed by atoms with Gasteiger partial charge in [0, 0.05) is 30.8 Å². The molecule has 3 amide bonds. The quantitative estimate of drug-likeness (QED) is 0.641. The first kappa shape index (κ1) is 20.8. The van der Waals surface area contributed by atoms with E-state index in [4.69, 9.17) is 9.47 Å². The molecule has 0 saturated carbocycles. The molecule has 0 aliphatic carbocycles. The zero-order chi connectivity index (χ0) is 20.5. The monoisotopic (exact) mass is 385 g/mol. The second-order valence-electron chi connectivity index (χ2n) is 5.94. The standard InChI is InChI=1S/C20H23N3O5/c1-13(24)23-16-6-4-14(5-7-16)11-21-19(25)12-22-20(26)15-8-17(27-2)10-18(9-15)28-3/h4-10H,11-12H2,1-3H3,(H,21,25)(H,22,26)(H,23,24). The number of carbonyl (C=O) groups excluding carboxylic acids is 3. The summed E-state index contributed by atoms with van der Waals surface area (Å²) < 4.78 is 10.3. The van der Waals surface area contributed by atoms with Crippen LogP contribution in [0, 0.1) is 0 Å². The van der Waals surface area contributed by atoms with Crippen LogP contribution < -0.4 is 25.4 Å². The molecule has 0 saturated heterocycles. The predicted molar refractivity (Wildman–Crippen MR) is 104 cm³/mol. The van der Waals surface area contributed by atoms with Crippen LogP contribution in [-0.4, -0.2) is 38.5 Å². The summed E-state index contributed by atoms with van der Waals surface area (Å²) in [4.78, 5) is 35.2. The van der Waals surface area contributed by atoms with Crippen LogP contribution >= 0.6 is 0 Å². The average Bonchev–Trinajstić information content (AvgIpc) is 2.70. The Morgan fingerprint density at radius 3 is 2.04 bits per heavy atom. The average molecular weight is 385 g/mol. The smallest absolute Gasteiger partial charge is 0.251 e. The number of benzene rings is 2. The van der Waals surface area contributed by atoms with Gasteiger partial charge in [0.05, 0.1) is 20.8 Å². The number of rotatable bonds is 8. The van der Waals surface area contributed by atoms with Gasteiger partial charge in [-0.25, -0.2) is 0 Å². The lowest BCUT2D eigenvalue weighted by Crippen LogP contribution is -2.36. The number of anilines is 1. The summed E-state index contributed by atoms with van der Waals surface area (Å²) in [6.45, 7) is 1.58. The number of carbonyl (C=O) groups is 3. The van der Waals surface area contributed by atoms with Crippen molar-refractivity contribution in [1.29, 1.82) is 0 Å². The molecule has 0 heterocycles. The maximum atomic E-state index is 12.2. The molecule has 148 valence electrons. The van der Waals surface area contributed by atoms with Gasteiger partial charge in [-0.1, -0.05) is 12.1 Å². The molecule has 0 aliphatic heterocycles. The highest BCUT2D eigenvalue weighted by Crippen LogP contribution is 2.22. The third-order valence-electron chi connectivity index (χ3n) is 3.79. The van der Waals surface area contributed by atoms with Gasteiger partial charge in [-0.15, -0.1) is 0 Å². The van der Waals surface area contributed by atoms with E-state index in [2.05, 4.69) is 16.0 Å². The molecule has 8 heteroatoms. The van der Waals surface area contributed by atoms with Crippen molar-refractivity contribution >= 4 is 23.4 Å². The molecule has 0 radical (unpaired) electrons. The topological polar surface area (TPSA) is 106 Å². The third-order valence-corrected chi connectivity index (χ3v) is 3.79. The van der Waals surface area contributed by atoms with Crippen molar-refractivity contribution in [2.45, 2.75) is 13.5 Å². The number of ether oxygens (including phenoxy) is 2. The normalized spacial score (nSPS) is 9.96. The van der Waals surface area contributed by atoms with Crippen LogP contribution in [0.3, 0.4) is 0 Å². The molecule has 2 aromatic rings. The summed E-state index contributed by atoms with van der Waals surface area (Å²) in [7, 11) is 2.99. The molecule has 0 unspecified atom stereocenters.